The molecule has 5 heteroatoms. The first-order valence-corrected chi connectivity index (χ1v) is 9.89. The molecule has 0 bridgehead atoms. The SMILES string of the molecule is COc1ccccc1C=C1CCCC2=C1NC(=S)N[C@@H]2c1ccccc1OC. The highest BCUT2D eigenvalue weighted by molar-refractivity contribution is 7.80. The lowest BCUT2D eigenvalue weighted by Gasteiger charge is -2.36. The van der Waals surface area contributed by atoms with Crippen molar-refractivity contribution in [3.05, 3.63) is 76.5 Å². The number of allylic oxidation sites excluding steroid dienone is 1. The van der Waals surface area contributed by atoms with Gasteiger partial charge in [-0.25, -0.2) is 0 Å². The molecule has 28 heavy (non-hydrogen) atoms. The van der Waals surface area contributed by atoms with Crippen LogP contribution in [0.5, 0.6) is 11.5 Å². The van der Waals surface area contributed by atoms with Crippen LogP contribution in [0.15, 0.2) is 65.4 Å². The molecule has 0 fully saturated rings. The van der Waals surface area contributed by atoms with Crippen LogP contribution in [0.2, 0.25) is 0 Å². The molecule has 0 spiro atoms. The number of methoxy groups -OCH3 is 2. The second kappa shape index (κ2) is 8.07. The molecule has 4 nitrogen and oxygen atoms in total. The highest BCUT2D eigenvalue weighted by atomic mass is 32.1. The van der Waals surface area contributed by atoms with Gasteiger partial charge in [0.05, 0.1) is 20.3 Å². The van der Waals surface area contributed by atoms with Crippen LogP contribution in [0.4, 0.5) is 0 Å². The molecule has 144 valence electrons. The fraction of sp³-hybridized carbons (Fsp3) is 0.261. The zero-order valence-electron chi connectivity index (χ0n) is 16.1. The zero-order chi connectivity index (χ0) is 19.5. The average molecular weight is 393 g/mol. The fourth-order valence-corrected chi connectivity index (χ4v) is 4.25. The van der Waals surface area contributed by atoms with E-state index in [2.05, 4.69) is 28.8 Å². The van der Waals surface area contributed by atoms with Gasteiger partial charge in [-0.1, -0.05) is 36.4 Å². The minimum atomic E-state index is 0.0151. The smallest absolute Gasteiger partial charge is 0.171 e. The third-order valence-electron chi connectivity index (χ3n) is 5.32. The first kappa shape index (κ1) is 18.6. The normalized spacial score (nSPS) is 20.3. The van der Waals surface area contributed by atoms with Crippen LogP contribution in [0.1, 0.15) is 36.4 Å². The van der Waals surface area contributed by atoms with Crippen molar-refractivity contribution in [1.29, 1.82) is 0 Å². The van der Waals surface area contributed by atoms with E-state index < -0.39 is 0 Å². The maximum atomic E-state index is 5.61. The molecule has 0 saturated carbocycles. The van der Waals surface area contributed by atoms with Crippen LogP contribution < -0.4 is 20.1 Å². The van der Waals surface area contributed by atoms with Crippen LogP contribution in [0, 0.1) is 0 Å². The number of rotatable bonds is 4. The Morgan fingerprint density at radius 3 is 2.46 bits per heavy atom. The quantitative estimate of drug-likeness (QED) is 0.736. The molecule has 0 amide bonds. The number of benzene rings is 2. The van der Waals surface area contributed by atoms with Gasteiger partial charge in [0.1, 0.15) is 11.5 Å². The average Bonchev–Trinajstić information content (AvgIpc) is 2.74. The van der Waals surface area contributed by atoms with Crippen LogP contribution in [-0.2, 0) is 0 Å². The highest BCUT2D eigenvalue weighted by Crippen LogP contribution is 2.41. The van der Waals surface area contributed by atoms with Gasteiger partial charge in [0.25, 0.3) is 0 Å². The molecular formula is C23H24N2O2S. The Morgan fingerprint density at radius 2 is 1.68 bits per heavy atom. The predicted molar refractivity (Wildman–Crippen MR) is 116 cm³/mol. The van der Waals surface area contributed by atoms with Crippen molar-refractivity contribution in [3.8, 4) is 11.5 Å². The molecule has 2 aromatic rings. The summed E-state index contributed by atoms with van der Waals surface area (Å²) in [6.07, 6.45) is 5.34. The van der Waals surface area contributed by atoms with Gasteiger partial charge in [-0.3, -0.25) is 0 Å². The summed E-state index contributed by atoms with van der Waals surface area (Å²) in [4.78, 5) is 0. The molecule has 4 rings (SSSR count). The molecular weight excluding hydrogens is 368 g/mol. The van der Waals surface area contributed by atoms with Crippen molar-refractivity contribution in [1.82, 2.24) is 10.6 Å². The van der Waals surface area contributed by atoms with E-state index in [0.717, 1.165) is 47.6 Å². The summed E-state index contributed by atoms with van der Waals surface area (Å²) in [7, 11) is 3.42. The van der Waals surface area contributed by atoms with Gasteiger partial charge in [0.15, 0.2) is 5.11 Å². The van der Waals surface area contributed by atoms with Gasteiger partial charge >= 0.3 is 0 Å². The van der Waals surface area contributed by atoms with Crippen LogP contribution in [0.3, 0.4) is 0 Å². The Morgan fingerprint density at radius 1 is 0.964 bits per heavy atom. The standard InChI is InChI=1S/C23H24N2O2S/c1-26-19-12-5-3-8-15(19)14-16-9-7-11-18-21(16)24-23(28)25-22(18)17-10-4-6-13-20(17)27-2/h3-6,8,10,12-14,22H,7,9,11H2,1-2H3,(H2,24,25,28)/t22-/m1/s1. The van der Waals surface area contributed by atoms with E-state index in [0.29, 0.717) is 5.11 Å². The summed E-state index contributed by atoms with van der Waals surface area (Å²) in [5, 5.41) is 7.50. The molecule has 0 radical (unpaired) electrons. The zero-order valence-corrected chi connectivity index (χ0v) is 16.9. The number of para-hydroxylation sites is 2. The monoisotopic (exact) mass is 392 g/mol. The Labute approximate surface area is 171 Å². The third kappa shape index (κ3) is 3.50. The van der Waals surface area contributed by atoms with E-state index in [4.69, 9.17) is 21.7 Å². The Balaban J connectivity index is 1.81. The molecule has 1 atom stereocenters. The van der Waals surface area contributed by atoms with Gasteiger partial charge in [0, 0.05) is 16.8 Å². The second-order valence-corrected chi connectivity index (χ2v) is 7.35. The highest BCUT2D eigenvalue weighted by Gasteiger charge is 2.31. The van der Waals surface area contributed by atoms with E-state index in [1.165, 1.54) is 11.1 Å². The number of thiocarbonyl (C=S) groups is 1. The summed E-state index contributed by atoms with van der Waals surface area (Å²) >= 11 is 5.55. The minimum absolute atomic E-state index is 0.0151. The minimum Gasteiger partial charge on any atom is -0.496 e. The fourth-order valence-electron chi connectivity index (χ4n) is 4.03. The lowest BCUT2D eigenvalue weighted by Crippen LogP contribution is -2.45. The number of hydrogen-bond donors (Lipinski definition) is 2. The van der Waals surface area contributed by atoms with Crippen molar-refractivity contribution in [2.24, 2.45) is 0 Å². The molecule has 1 heterocycles. The van der Waals surface area contributed by atoms with Crippen LogP contribution in [0.25, 0.3) is 6.08 Å². The van der Waals surface area contributed by atoms with E-state index in [-0.39, 0.29) is 6.04 Å². The molecule has 0 unspecified atom stereocenters. The van der Waals surface area contributed by atoms with Crippen molar-refractivity contribution in [2.75, 3.05) is 14.2 Å². The number of hydrogen-bond acceptors (Lipinski definition) is 3. The van der Waals surface area contributed by atoms with E-state index in [1.54, 1.807) is 14.2 Å². The Hall–Kier alpha value is -2.79. The van der Waals surface area contributed by atoms with Crippen molar-refractivity contribution in [2.45, 2.75) is 25.3 Å². The van der Waals surface area contributed by atoms with Gasteiger partial charge in [-0.05, 0) is 60.8 Å². The topological polar surface area (TPSA) is 42.5 Å². The van der Waals surface area contributed by atoms with Gasteiger partial charge in [0.2, 0.25) is 0 Å². The Bertz CT molecular complexity index is 965. The van der Waals surface area contributed by atoms with Crippen LogP contribution >= 0.6 is 12.2 Å². The van der Waals surface area contributed by atoms with Gasteiger partial charge < -0.3 is 20.1 Å². The number of ether oxygens (including phenoxy) is 2. The second-order valence-electron chi connectivity index (χ2n) is 6.94. The number of nitrogens with one attached hydrogen (secondary N) is 2. The summed E-state index contributed by atoms with van der Waals surface area (Å²) in [5.74, 6) is 1.75. The first-order valence-electron chi connectivity index (χ1n) is 9.48. The van der Waals surface area contributed by atoms with Gasteiger partial charge in [-0.15, -0.1) is 0 Å². The molecule has 2 aliphatic rings. The molecule has 0 saturated heterocycles. The first-order chi connectivity index (χ1) is 13.7. The van der Waals surface area contributed by atoms with Crippen LogP contribution in [-0.4, -0.2) is 19.3 Å². The third-order valence-corrected chi connectivity index (χ3v) is 5.54. The Kier molecular flexibility index (Phi) is 5.35. The molecule has 1 aliphatic carbocycles. The maximum Gasteiger partial charge on any atom is 0.171 e. The summed E-state index contributed by atoms with van der Waals surface area (Å²) < 4.78 is 11.1. The molecule has 0 aromatic heterocycles. The van der Waals surface area contributed by atoms with E-state index >= 15 is 0 Å². The van der Waals surface area contributed by atoms with E-state index in [1.807, 2.05) is 36.4 Å². The summed E-state index contributed by atoms with van der Waals surface area (Å²) in [6.45, 7) is 0. The summed E-state index contributed by atoms with van der Waals surface area (Å²) in [5.41, 5.74) is 5.91. The molecule has 2 aromatic carbocycles. The maximum absolute atomic E-state index is 5.61. The summed E-state index contributed by atoms with van der Waals surface area (Å²) in [6, 6.07) is 16.2. The largest absolute Gasteiger partial charge is 0.496 e. The lowest BCUT2D eigenvalue weighted by molar-refractivity contribution is 0.404. The van der Waals surface area contributed by atoms with E-state index in [9.17, 15) is 0 Å². The van der Waals surface area contributed by atoms with Crippen molar-refractivity contribution < 1.29 is 9.47 Å². The molecule has 2 N–H and O–H groups in total. The molecule has 1 aliphatic heterocycles. The predicted octanol–water partition coefficient (Wildman–Crippen LogP) is 4.74. The van der Waals surface area contributed by atoms with Crippen molar-refractivity contribution >= 4 is 23.4 Å². The lowest BCUT2D eigenvalue weighted by atomic mass is 9.83. The van der Waals surface area contributed by atoms with Crippen molar-refractivity contribution in [3.63, 3.8) is 0 Å². The van der Waals surface area contributed by atoms with Gasteiger partial charge in [-0.2, -0.15) is 0 Å².